The second-order valence-corrected chi connectivity index (χ2v) is 5.75. The predicted octanol–water partition coefficient (Wildman–Crippen LogP) is 3.26. The van der Waals surface area contributed by atoms with Crippen LogP contribution in [0, 0.1) is 5.82 Å². The molecule has 2 aromatic carbocycles. The van der Waals surface area contributed by atoms with Gasteiger partial charge in [0.15, 0.2) is 0 Å². The van der Waals surface area contributed by atoms with Crippen LogP contribution in [0.2, 0.25) is 5.02 Å². The zero-order valence-electron chi connectivity index (χ0n) is 10.3. The minimum atomic E-state index is -4.08. The molecule has 0 spiro atoms. The Morgan fingerprint density at radius 3 is 2.45 bits per heavy atom. The lowest BCUT2D eigenvalue weighted by molar-refractivity contribution is 0.411. The smallest absolute Gasteiger partial charge is 0.339 e. The quantitative estimate of drug-likeness (QED) is 0.812. The first kappa shape index (κ1) is 14.6. The largest absolute Gasteiger partial charge is 0.497 e. The number of benzene rings is 2. The molecule has 0 heterocycles. The molecule has 0 aliphatic rings. The second-order valence-electron chi connectivity index (χ2n) is 3.79. The first-order valence-corrected chi connectivity index (χ1v) is 7.24. The summed E-state index contributed by atoms with van der Waals surface area (Å²) in [6, 6.07) is 9.15. The van der Waals surface area contributed by atoms with E-state index < -0.39 is 15.9 Å². The van der Waals surface area contributed by atoms with Crippen molar-refractivity contribution >= 4 is 21.7 Å². The number of halogens is 2. The summed E-state index contributed by atoms with van der Waals surface area (Å²) >= 11 is 5.56. The van der Waals surface area contributed by atoms with Crippen molar-refractivity contribution in [2.75, 3.05) is 7.11 Å². The SMILES string of the molecule is COc1cccc(OS(=O)(=O)c2ccc(F)c(Cl)c2)c1. The van der Waals surface area contributed by atoms with Gasteiger partial charge in [-0.25, -0.2) is 4.39 Å². The molecule has 2 rings (SSSR count). The summed E-state index contributed by atoms with van der Waals surface area (Å²) in [4.78, 5) is -0.230. The molecule has 0 radical (unpaired) electrons. The van der Waals surface area contributed by atoms with Crippen molar-refractivity contribution in [1.29, 1.82) is 0 Å². The maximum absolute atomic E-state index is 13.0. The lowest BCUT2D eigenvalue weighted by Gasteiger charge is -2.08. The molecule has 0 aliphatic heterocycles. The highest BCUT2D eigenvalue weighted by atomic mass is 35.5. The molecule has 20 heavy (non-hydrogen) atoms. The van der Waals surface area contributed by atoms with Crippen LogP contribution in [0.5, 0.6) is 11.5 Å². The van der Waals surface area contributed by atoms with E-state index in [2.05, 4.69) is 0 Å². The van der Waals surface area contributed by atoms with E-state index in [1.165, 1.54) is 19.2 Å². The van der Waals surface area contributed by atoms with E-state index in [4.69, 9.17) is 20.5 Å². The number of hydrogen-bond acceptors (Lipinski definition) is 4. The van der Waals surface area contributed by atoms with Crippen molar-refractivity contribution in [1.82, 2.24) is 0 Å². The van der Waals surface area contributed by atoms with Gasteiger partial charge >= 0.3 is 10.1 Å². The molecule has 0 saturated carbocycles. The van der Waals surface area contributed by atoms with Crippen molar-refractivity contribution in [3.05, 3.63) is 53.3 Å². The van der Waals surface area contributed by atoms with Crippen LogP contribution in [0.4, 0.5) is 4.39 Å². The molecule has 0 fully saturated rings. The molecule has 0 aromatic heterocycles. The molecule has 0 aliphatic carbocycles. The van der Waals surface area contributed by atoms with E-state index in [0.29, 0.717) is 5.75 Å². The van der Waals surface area contributed by atoms with Crippen molar-refractivity contribution in [2.24, 2.45) is 0 Å². The molecule has 0 bridgehead atoms. The van der Waals surface area contributed by atoms with Crippen LogP contribution in [0.1, 0.15) is 0 Å². The first-order valence-electron chi connectivity index (χ1n) is 5.46. The lowest BCUT2D eigenvalue weighted by Crippen LogP contribution is -2.10. The van der Waals surface area contributed by atoms with E-state index in [1.807, 2.05) is 0 Å². The molecular formula is C13H10ClFO4S. The van der Waals surface area contributed by atoms with Gasteiger partial charge in [0.25, 0.3) is 0 Å². The molecule has 7 heteroatoms. The number of hydrogen-bond donors (Lipinski definition) is 0. The number of methoxy groups -OCH3 is 1. The third-order valence-corrected chi connectivity index (χ3v) is 3.96. The molecule has 2 aromatic rings. The third-order valence-electron chi connectivity index (χ3n) is 2.43. The standard InChI is InChI=1S/C13H10ClFO4S/c1-18-9-3-2-4-10(7-9)19-20(16,17)11-5-6-13(15)12(14)8-11/h2-8H,1H3. The maximum Gasteiger partial charge on any atom is 0.339 e. The highest BCUT2D eigenvalue weighted by Crippen LogP contribution is 2.25. The molecule has 106 valence electrons. The topological polar surface area (TPSA) is 52.6 Å². The van der Waals surface area contributed by atoms with E-state index >= 15 is 0 Å². The van der Waals surface area contributed by atoms with Gasteiger partial charge in [-0.1, -0.05) is 17.7 Å². The molecular weight excluding hydrogens is 307 g/mol. The number of rotatable bonds is 4. The van der Waals surface area contributed by atoms with E-state index in [1.54, 1.807) is 12.1 Å². The Kier molecular flexibility index (Phi) is 4.15. The zero-order chi connectivity index (χ0) is 14.8. The van der Waals surface area contributed by atoms with Gasteiger partial charge in [-0.15, -0.1) is 0 Å². The van der Waals surface area contributed by atoms with Gasteiger partial charge in [0.05, 0.1) is 12.1 Å². The molecule has 0 amide bonds. The molecule has 0 unspecified atom stereocenters. The van der Waals surface area contributed by atoms with Gasteiger partial charge in [-0.3, -0.25) is 0 Å². The zero-order valence-corrected chi connectivity index (χ0v) is 11.9. The highest BCUT2D eigenvalue weighted by molar-refractivity contribution is 7.87. The Morgan fingerprint density at radius 1 is 1.10 bits per heavy atom. The third kappa shape index (κ3) is 3.20. The lowest BCUT2D eigenvalue weighted by atomic mass is 10.3. The van der Waals surface area contributed by atoms with Gasteiger partial charge in [-0.05, 0) is 30.3 Å². The molecule has 0 N–H and O–H groups in total. The number of ether oxygens (including phenoxy) is 1. The van der Waals surface area contributed by atoms with Gasteiger partial charge in [0, 0.05) is 6.07 Å². The highest BCUT2D eigenvalue weighted by Gasteiger charge is 2.18. The Balaban J connectivity index is 2.32. The Hall–Kier alpha value is -1.79. The molecule has 0 atom stereocenters. The van der Waals surface area contributed by atoms with Crippen molar-refractivity contribution < 1.29 is 21.7 Å². The maximum atomic E-state index is 13.0. The first-order chi connectivity index (χ1) is 9.42. The average Bonchev–Trinajstić information content (AvgIpc) is 2.41. The summed E-state index contributed by atoms with van der Waals surface area (Å²) in [5, 5.41) is -0.291. The van der Waals surface area contributed by atoms with Gasteiger partial charge < -0.3 is 8.92 Å². The van der Waals surface area contributed by atoms with Crippen LogP contribution in [0.25, 0.3) is 0 Å². The van der Waals surface area contributed by atoms with Crippen molar-refractivity contribution in [3.8, 4) is 11.5 Å². The van der Waals surface area contributed by atoms with Gasteiger partial charge in [0.2, 0.25) is 0 Å². The van der Waals surface area contributed by atoms with Gasteiger partial charge in [0.1, 0.15) is 22.2 Å². The monoisotopic (exact) mass is 316 g/mol. The average molecular weight is 317 g/mol. The van der Waals surface area contributed by atoms with Crippen LogP contribution in [0.15, 0.2) is 47.4 Å². The van der Waals surface area contributed by atoms with Crippen LogP contribution in [-0.2, 0) is 10.1 Å². The minimum Gasteiger partial charge on any atom is -0.497 e. The summed E-state index contributed by atoms with van der Waals surface area (Å²) in [5.41, 5.74) is 0. The normalized spacial score (nSPS) is 11.2. The fourth-order valence-corrected chi connectivity index (χ4v) is 2.66. The Morgan fingerprint density at radius 2 is 1.80 bits per heavy atom. The van der Waals surface area contributed by atoms with Crippen molar-refractivity contribution in [3.63, 3.8) is 0 Å². The molecule has 4 nitrogen and oxygen atoms in total. The summed E-state index contributed by atoms with van der Waals surface area (Å²) in [5.74, 6) is -0.161. The summed E-state index contributed by atoms with van der Waals surface area (Å²) in [6.45, 7) is 0. The minimum absolute atomic E-state index is 0.0878. The Labute approximate surface area is 120 Å². The summed E-state index contributed by atoms with van der Waals surface area (Å²) < 4.78 is 47.0. The van der Waals surface area contributed by atoms with Crippen LogP contribution in [-0.4, -0.2) is 15.5 Å². The van der Waals surface area contributed by atoms with Crippen LogP contribution in [0.3, 0.4) is 0 Å². The fraction of sp³-hybridized carbons (Fsp3) is 0.0769. The van der Waals surface area contributed by atoms with Crippen LogP contribution < -0.4 is 8.92 Å². The second kappa shape index (κ2) is 5.68. The summed E-state index contributed by atoms with van der Waals surface area (Å²) in [6.07, 6.45) is 0. The van der Waals surface area contributed by atoms with E-state index in [-0.39, 0.29) is 15.7 Å². The Bertz CT molecular complexity index is 731. The van der Waals surface area contributed by atoms with Gasteiger partial charge in [-0.2, -0.15) is 8.42 Å². The van der Waals surface area contributed by atoms with Crippen molar-refractivity contribution in [2.45, 2.75) is 4.90 Å². The van der Waals surface area contributed by atoms with Crippen LogP contribution >= 0.6 is 11.6 Å². The summed E-state index contributed by atoms with van der Waals surface area (Å²) in [7, 11) is -2.63. The van der Waals surface area contributed by atoms with E-state index in [9.17, 15) is 12.8 Å². The fourth-order valence-electron chi connectivity index (χ4n) is 1.46. The van der Waals surface area contributed by atoms with E-state index in [0.717, 1.165) is 18.2 Å². The predicted molar refractivity (Wildman–Crippen MR) is 72.2 cm³/mol. The molecule has 0 saturated heterocycles.